The van der Waals surface area contributed by atoms with Gasteiger partial charge in [0.05, 0.1) is 16.7 Å². The molecular formula is C13H16ClN3O2. The van der Waals surface area contributed by atoms with Gasteiger partial charge >= 0.3 is 0 Å². The Kier molecular flexibility index (Phi) is 3.11. The van der Waals surface area contributed by atoms with Crippen LogP contribution in [-0.4, -0.2) is 40.1 Å². The number of carbonyl (C=O) groups excluding carboxylic acids is 1. The van der Waals surface area contributed by atoms with Crippen molar-refractivity contribution in [2.45, 2.75) is 18.9 Å². The summed E-state index contributed by atoms with van der Waals surface area (Å²) in [6.45, 7) is 1.29. The van der Waals surface area contributed by atoms with Crippen molar-refractivity contribution in [1.29, 1.82) is 0 Å². The van der Waals surface area contributed by atoms with Crippen LogP contribution in [0.25, 0.3) is 0 Å². The molecule has 3 rings (SSSR count). The molecule has 0 radical (unpaired) electrons. The first-order valence-electron chi connectivity index (χ1n) is 6.44. The number of nitrogens with zero attached hydrogens (tertiary/aromatic N) is 2. The quantitative estimate of drug-likeness (QED) is 0.810. The fraction of sp³-hybridized carbons (Fsp3) is 0.538. The first-order chi connectivity index (χ1) is 9.06. The number of aliphatic hydroxyl groups excluding tert-OH is 1. The van der Waals surface area contributed by atoms with Gasteiger partial charge in [-0.2, -0.15) is 0 Å². The van der Waals surface area contributed by atoms with Crippen LogP contribution in [0.2, 0.25) is 5.02 Å². The minimum absolute atomic E-state index is 0.124. The molecule has 19 heavy (non-hydrogen) atoms. The second kappa shape index (κ2) is 4.65. The molecule has 102 valence electrons. The molecule has 3 unspecified atom stereocenters. The van der Waals surface area contributed by atoms with E-state index in [4.69, 9.17) is 17.3 Å². The van der Waals surface area contributed by atoms with Crippen LogP contribution in [0.3, 0.4) is 0 Å². The summed E-state index contributed by atoms with van der Waals surface area (Å²) < 4.78 is 0. The van der Waals surface area contributed by atoms with Gasteiger partial charge in [-0.05, 0) is 24.8 Å². The molecule has 1 aliphatic heterocycles. The number of carbonyl (C=O) groups is 1. The summed E-state index contributed by atoms with van der Waals surface area (Å²) in [7, 11) is 0. The fourth-order valence-electron chi connectivity index (χ4n) is 3.19. The molecule has 2 heterocycles. The number of hydrogen-bond acceptors (Lipinski definition) is 4. The number of aliphatic hydroxyl groups is 1. The normalized spacial score (nSPS) is 29.6. The summed E-state index contributed by atoms with van der Waals surface area (Å²) in [6.07, 6.45) is 2.96. The summed E-state index contributed by atoms with van der Waals surface area (Å²) in [5, 5.41) is 10.2. The van der Waals surface area contributed by atoms with Crippen molar-refractivity contribution >= 4 is 23.3 Å². The number of hydrogen-bond donors (Lipinski definition) is 2. The van der Waals surface area contributed by atoms with Gasteiger partial charge in [-0.15, -0.1) is 0 Å². The minimum Gasteiger partial charge on any atom is -0.393 e. The average molecular weight is 282 g/mol. The Morgan fingerprint density at radius 1 is 1.47 bits per heavy atom. The van der Waals surface area contributed by atoms with E-state index in [2.05, 4.69) is 4.98 Å². The smallest absolute Gasteiger partial charge is 0.255 e. The maximum absolute atomic E-state index is 12.4. The van der Waals surface area contributed by atoms with Crippen molar-refractivity contribution < 1.29 is 9.90 Å². The summed E-state index contributed by atoms with van der Waals surface area (Å²) in [5.74, 6) is 0.784. The molecule has 6 heteroatoms. The highest BCUT2D eigenvalue weighted by Gasteiger charge is 2.43. The monoisotopic (exact) mass is 281 g/mol. The molecule has 0 spiro atoms. The zero-order valence-electron chi connectivity index (χ0n) is 10.4. The predicted molar refractivity (Wildman–Crippen MR) is 71.8 cm³/mol. The lowest BCUT2D eigenvalue weighted by molar-refractivity contribution is 0.0752. The number of amides is 1. The van der Waals surface area contributed by atoms with Gasteiger partial charge in [-0.1, -0.05) is 11.6 Å². The second-order valence-corrected chi connectivity index (χ2v) is 5.77. The molecule has 1 aliphatic carbocycles. The highest BCUT2D eigenvalue weighted by Crippen LogP contribution is 2.38. The second-order valence-electron chi connectivity index (χ2n) is 5.37. The molecule has 1 aromatic rings. The number of anilines is 1. The van der Waals surface area contributed by atoms with Gasteiger partial charge in [0.2, 0.25) is 0 Å². The third kappa shape index (κ3) is 2.17. The molecule has 0 aromatic carbocycles. The Balaban J connectivity index is 1.80. The number of fused-ring (bicyclic) bond motifs is 1. The van der Waals surface area contributed by atoms with Crippen LogP contribution in [0, 0.1) is 11.8 Å². The number of halogens is 1. The van der Waals surface area contributed by atoms with Crippen LogP contribution in [0.4, 0.5) is 5.82 Å². The van der Waals surface area contributed by atoms with E-state index >= 15 is 0 Å². The van der Waals surface area contributed by atoms with E-state index in [1.54, 1.807) is 4.90 Å². The molecule has 0 bridgehead atoms. The number of nitrogens with two attached hydrogens (primary N) is 1. The first-order valence-corrected chi connectivity index (χ1v) is 6.82. The SMILES string of the molecule is Nc1cc(C(=O)N2CC3CCC(O)C3C2)c(Cl)cn1. The molecule has 5 nitrogen and oxygen atoms in total. The number of likely N-dealkylation sites (tertiary alicyclic amines) is 1. The Morgan fingerprint density at radius 3 is 3.00 bits per heavy atom. The number of aromatic nitrogens is 1. The lowest BCUT2D eigenvalue weighted by atomic mass is 10.00. The van der Waals surface area contributed by atoms with Crippen molar-refractivity contribution in [3.05, 3.63) is 22.8 Å². The number of rotatable bonds is 1. The largest absolute Gasteiger partial charge is 0.393 e. The molecule has 2 aliphatic rings. The molecule has 1 saturated carbocycles. The van der Waals surface area contributed by atoms with Crippen LogP contribution >= 0.6 is 11.6 Å². The van der Waals surface area contributed by atoms with E-state index in [9.17, 15) is 9.90 Å². The van der Waals surface area contributed by atoms with Gasteiger partial charge in [0, 0.05) is 25.2 Å². The van der Waals surface area contributed by atoms with E-state index in [-0.39, 0.29) is 23.7 Å². The molecule has 3 atom stereocenters. The van der Waals surface area contributed by atoms with Crippen LogP contribution in [0.1, 0.15) is 23.2 Å². The summed E-state index contributed by atoms with van der Waals surface area (Å²) in [4.78, 5) is 18.0. The van der Waals surface area contributed by atoms with Crippen LogP contribution in [0.5, 0.6) is 0 Å². The van der Waals surface area contributed by atoms with Crippen molar-refractivity contribution in [1.82, 2.24) is 9.88 Å². The Labute approximate surface area is 116 Å². The molecular weight excluding hydrogens is 266 g/mol. The first kappa shape index (κ1) is 12.7. The van der Waals surface area contributed by atoms with E-state index in [0.717, 1.165) is 12.8 Å². The highest BCUT2D eigenvalue weighted by atomic mass is 35.5. The van der Waals surface area contributed by atoms with Crippen molar-refractivity contribution in [2.24, 2.45) is 11.8 Å². The molecule has 2 fully saturated rings. The Morgan fingerprint density at radius 2 is 2.26 bits per heavy atom. The lowest BCUT2D eigenvalue weighted by Gasteiger charge is -2.19. The van der Waals surface area contributed by atoms with Crippen LogP contribution in [0.15, 0.2) is 12.3 Å². The summed E-state index contributed by atoms with van der Waals surface area (Å²) in [5.41, 5.74) is 5.99. The van der Waals surface area contributed by atoms with E-state index in [1.807, 2.05) is 0 Å². The third-order valence-electron chi connectivity index (χ3n) is 4.21. The van der Waals surface area contributed by atoms with Gasteiger partial charge in [-0.3, -0.25) is 4.79 Å². The van der Waals surface area contributed by atoms with E-state index < -0.39 is 0 Å². The molecule has 1 aromatic heterocycles. The Bertz CT molecular complexity index is 523. The topological polar surface area (TPSA) is 79.5 Å². The number of nitrogen functional groups attached to an aromatic ring is 1. The maximum atomic E-state index is 12.4. The van der Waals surface area contributed by atoms with E-state index in [0.29, 0.717) is 29.6 Å². The van der Waals surface area contributed by atoms with Gasteiger partial charge in [0.25, 0.3) is 5.91 Å². The van der Waals surface area contributed by atoms with Crippen molar-refractivity contribution in [3.8, 4) is 0 Å². The minimum atomic E-state index is -0.277. The van der Waals surface area contributed by atoms with Gasteiger partial charge in [0.15, 0.2) is 0 Å². The maximum Gasteiger partial charge on any atom is 0.255 e. The average Bonchev–Trinajstić information content (AvgIpc) is 2.94. The zero-order valence-corrected chi connectivity index (χ0v) is 11.2. The Hall–Kier alpha value is -1.33. The van der Waals surface area contributed by atoms with Gasteiger partial charge < -0.3 is 15.7 Å². The predicted octanol–water partition coefficient (Wildman–Crippen LogP) is 1.16. The standard InChI is InChI=1S/C13H16ClN3O2/c14-10-4-16-12(15)3-8(10)13(19)17-5-7-1-2-11(18)9(7)6-17/h3-4,7,9,11,18H,1-2,5-6H2,(H2,15,16). The number of pyridine rings is 1. The molecule has 3 N–H and O–H groups in total. The molecule has 1 amide bonds. The van der Waals surface area contributed by atoms with Crippen LogP contribution < -0.4 is 5.73 Å². The van der Waals surface area contributed by atoms with E-state index in [1.165, 1.54) is 12.3 Å². The van der Waals surface area contributed by atoms with Gasteiger partial charge in [0.1, 0.15) is 5.82 Å². The summed E-state index contributed by atoms with van der Waals surface area (Å²) in [6, 6.07) is 1.51. The van der Waals surface area contributed by atoms with Gasteiger partial charge in [-0.25, -0.2) is 4.98 Å². The third-order valence-corrected chi connectivity index (χ3v) is 4.51. The summed E-state index contributed by atoms with van der Waals surface area (Å²) >= 11 is 6.00. The fourth-order valence-corrected chi connectivity index (χ4v) is 3.38. The molecule has 1 saturated heterocycles. The highest BCUT2D eigenvalue weighted by molar-refractivity contribution is 6.33. The van der Waals surface area contributed by atoms with Crippen LogP contribution in [-0.2, 0) is 0 Å². The van der Waals surface area contributed by atoms with Crippen molar-refractivity contribution in [3.63, 3.8) is 0 Å². The lowest BCUT2D eigenvalue weighted by Crippen LogP contribution is -2.31. The zero-order chi connectivity index (χ0) is 13.6. The van der Waals surface area contributed by atoms with Crippen molar-refractivity contribution in [2.75, 3.05) is 18.8 Å².